The molecule has 2 aromatic rings. The number of nitrogens with one attached hydrogen (secondary N) is 1. The molecular formula is C19H23N3O4. The first kappa shape index (κ1) is 19.2. The van der Waals surface area contributed by atoms with Gasteiger partial charge in [0.25, 0.3) is 5.91 Å². The average molecular weight is 357 g/mol. The Morgan fingerprint density at radius 2 is 1.92 bits per heavy atom. The van der Waals surface area contributed by atoms with E-state index >= 15 is 0 Å². The predicted octanol–water partition coefficient (Wildman–Crippen LogP) is 2.63. The molecule has 7 nitrogen and oxygen atoms in total. The fourth-order valence-electron chi connectivity index (χ4n) is 2.37. The van der Waals surface area contributed by atoms with Gasteiger partial charge in [-0.2, -0.15) is 5.10 Å². The van der Waals surface area contributed by atoms with Gasteiger partial charge in [0.15, 0.2) is 6.61 Å². The monoisotopic (exact) mass is 357 g/mol. The molecular weight excluding hydrogens is 334 g/mol. The molecule has 0 radical (unpaired) electrons. The Morgan fingerprint density at radius 1 is 1.23 bits per heavy atom. The molecule has 0 fully saturated rings. The van der Waals surface area contributed by atoms with E-state index in [1.54, 1.807) is 35.0 Å². The highest BCUT2D eigenvalue weighted by molar-refractivity contribution is 5.94. The van der Waals surface area contributed by atoms with Gasteiger partial charge in [-0.05, 0) is 51.1 Å². The van der Waals surface area contributed by atoms with E-state index in [1.807, 2.05) is 27.8 Å². The van der Waals surface area contributed by atoms with Crippen molar-refractivity contribution in [2.24, 2.45) is 7.05 Å². The molecule has 0 aliphatic heterocycles. The molecule has 0 unspecified atom stereocenters. The van der Waals surface area contributed by atoms with E-state index in [9.17, 15) is 9.59 Å². The van der Waals surface area contributed by atoms with E-state index in [2.05, 4.69) is 10.4 Å². The number of benzene rings is 1. The Balaban J connectivity index is 1.82. The van der Waals surface area contributed by atoms with E-state index in [0.29, 0.717) is 12.3 Å². The average Bonchev–Trinajstić information content (AvgIpc) is 2.85. The van der Waals surface area contributed by atoms with Crippen molar-refractivity contribution < 1.29 is 19.1 Å². The Bertz CT molecular complexity index is 807. The molecule has 26 heavy (non-hydrogen) atoms. The van der Waals surface area contributed by atoms with E-state index in [-0.39, 0.29) is 6.61 Å². The molecule has 0 atom stereocenters. The van der Waals surface area contributed by atoms with Crippen molar-refractivity contribution >= 4 is 23.6 Å². The summed E-state index contributed by atoms with van der Waals surface area (Å²) in [7, 11) is 1.84. The summed E-state index contributed by atoms with van der Waals surface area (Å²) in [6.07, 6.45) is 2.94. The molecule has 1 aromatic carbocycles. The van der Waals surface area contributed by atoms with Gasteiger partial charge < -0.3 is 14.8 Å². The Labute approximate surface area is 152 Å². The number of rotatable bonds is 7. The second kappa shape index (κ2) is 8.84. The number of hydrogen-bond donors (Lipinski definition) is 1. The molecule has 0 saturated heterocycles. The third-order valence-corrected chi connectivity index (χ3v) is 3.75. The topological polar surface area (TPSA) is 82.4 Å². The summed E-state index contributed by atoms with van der Waals surface area (Å²) in [5.41, 5.74) is 3.23. The Hall–Kier alpha value is -3.09. The van der Waals surface area contributed by atoms with Crippen LogP contribution in [0.15, 0.2) is 30.3 Å². The molecule has 1 N–H and O–H groups in total. The van der Waals surface area contributed by atoms with Crippen molar-refractivity contribution in [3.8, 4) is 5.75 Å². The molecule has 0 aliphatic rings. The first-order valence-electron chi connectivity index (χ1n) is 8.28. The zero-order valence-corrected chi connectivity index (χ0v) is 15.4. The maximum absolute atomic E-state index is 11.9. The highest BCUT2D eigenvalue weighted by Gasteiger charge is 2.08. The number of aryl methyl sites for hydroxylation is 2. The van der Waals surface area contributed by atoms with Crippen LogP contribution >= 0.6 is 0 Å². The number of aromatic nitrogens is 2. The highest BCUT2D eigenvalue weighted by atomic mass is 16.5. The lowest BCUT2D eigenvalue weighted by molar-refractivity contribution is -0.142. The zero-order valence-electron chi connectivity index (χ0n) is 15.4. The van der Waals surface area contributed by atoms with Crippen LogP contribution in [0.5, 0.6) is 5.75 Å². The second-order valence-corrected chi connectivity index (χ2v) is 5.65. The van der Waals surface area contributed by atoms with Crippen molar-refractivity contribution in [3.63, 3.8) is 0 Å². The van der Waals surface area contributed by atoms with Crippen molar-refractivity contribution in [2.75, 3.05) is 18.5 Å². The fraction of sp³-hybridized carbons (Fsp3) is 0.316. The molecule has 1 aromatic heterocycles. The van der Waals surface area contributed by atoms with E-state index in [1.165, 1.54) is 6.08 Å². The standard InChI is InChI=1S/C19H23N3O4/c1-5-25-16-8-6-15(7-9-16)20-18(23)12-26-19(24)11-10-17-13(2)21-22(4)14(17)3/h6-11H,5,12H2,1-4H3,(H,20,23)/b11-10+. The summed E-state index contributed by atoms with van der Waals surface area (Å²) in [4.78, 5) is 23.6. The van der Waals surface area contributed by atoms with Crippen molar-refractivity contribution in [1.82, 2.24) is 9.78 Å². The minimum absolute atomic E-state index is 0.360. The van der Waals surface area contributed by atoms with Crippen molar-refractivity contribution in [3.05, 3.63) is 47.3 Å². The molecule has 0 bridgehead atoms. The van der Waals surface area contributed by atoms with Crippen LogP contribution in [-0.2, 0) is 21.4 Å². The molecule has 0 aliphatic carbocycles. The number of anilines is 1. The summed E-state index contributed by atoms with van der Waals surface area (Å²) in [5.74, 6) is -0.276. The van der Waals surface area contributed by atoms with Gasteiger partial charge in [-0.15, -0.1) is 0 Å². The first-order valence-corrected chi connectivity index (χ1v) is 8.28. The minimum Gasteiger partial charge on any atom is -0.494 e. The SMILES string of the molecule is CCOc1ccc(NC(=O)COC(=O)/C=C/c2c(C)nn(C)c2C)cc1. The van der Waals surface area contributed by atoms with Crippen LogP contribution in [0.4, 0.5) is 5.69 Å². The number of ether oxygens (including phenoxy) is 2. The van der Waals surface area contributed by atoms with Gasteiger partial charge in [0, 0.05) is 30.1 Å². The van der Waals surface area contributed by atoms with Crippen LogP contribution in [0.2, 0.25) is 0 Å². The van der Waals surface area contributed by atoms with Crippen LogP contribution in [0.3, 0.4) is 0 Å². The number of nitrogens with zero attached hydrogens (tertiary/aromatic N) is 2. The largest absolute Gasteiger partial charge is 0.494 e. The van der Waals surface area contributed by atoms with Gasteiger partial charge in [-0.25, -0.2) is 4.79 Å². The molecule has 7 heteroatoms. The second-order valence-electron chi connectivity index (χ2n) is 5.65. The summed E-state index contributed by atoms with van der Waals surface area (Å²) in [6, 6.07) is 6.95. The lowest BCUT2D eigenvalue weighted by Gasteiger charge is -2.07. The Kier molecular flexibility index (Phi) is 6.54. The van der Waals surface area contributed by atoms with Crippen molar-refractivity contribution in [2.45, 2.75) is 20.8 Å². The van der Waals surface area contributed by atoms with Gasteiger partial charge in [0.05, 0.1) is 12.3 Å². The first-order chi connectivity index (χ1) is 12.4. The van der Waals surface area contributed by atoms with Crippen LogP contribution in [0.25, 0.3) is 6.08 Å². The van der Waals surface area contributed by atoms with Crippen LogP contribution in [0, 0.1) is 13.8 Å². The van der Waals surface area contributed by atoms with Crippen LogP contribution < -0.4 is 10.1 Å². The summed E-state index contributed by atoms with van der Waals surface area (Å²) < 4.78 is 12.0. The summed E-state index contributed by atoms with van der Waals surface area (Å²) in [5, 5.41) is 6.92. The number of hydrogen-bond acceptors (Lipinski definition) is 5. The van der Waals surface area contributed by atoms with E-state index < -0.39 is 11.9 Å². The molecule has 138 valence electrons. The molecule has 1 amide bonds. The van der Waals surface area contributed by atoms with Crippen molar-refractivity contribution in [1.29, 1.82) is 0 Å². The van der Waals surface area contributed by atoms with Gasteiger partial charge in [-0.1, -0.05) is 0 Å². The van der Waals surface area contributed by atoms with Crippen LogP contribution in [-0.4, -0.2) is 34.9 Å². The number of esters is 1. The maximum Gasteiger partial charge on any atom is 0.331 e. The van der Waals surface area contributed by atoms with Crippen LogP contribution in [0.1, 0.15) is 23.9 Å². The molecule has 0 saturated carbocycles. The molecule has 0 spiro atoms. The predicted molar refractivity (Wildman–Crippen MR) is 98.9 cm³/mol. The Morgan fingerprint density at radius 3 is 2.50 bits per heavy atom. The third kappa shape index (κ3) is 5.20. The number of carbonyl (C=O) groups is 2. The van der Waals surface area contributed by atoms with E-state index in [4.69, 9.17) is 9.47 Å². The van der Waals surface area contributed by atoms with Gasteiger partial charge in [0.2, 0.25) is 0 Å². The van der Waals surface area contributed by atoms with Gasteiger partial charge in [-0.3, -0.25) is 9.48 Å². The lowest BCUT2D eigenvalue weighted by Crippen LogP contribution is -2.20. The minimum atomic E-state index is -0.588. The zero-order chi connectivity index (χ0) is 19.1. The number of amides is 1. The maximum atomic E-state index is 11.9. The fourth-order valence-corrected chi connectivity index (χ4v) is 2.37. The lowest BCUT2D eigenvalue weighted by atomic mass is 10.2. The number of carbonyl (C=O) groups excluding carboxylic acids is 2. The normalized spacial score (nSPS) is 10.8. The molecule has 1 heterocycles. The highest BCUT2D eigenvalue weighted by Crippen LogP contribution is 2.16. The van der Waals surface area contributed by atoms with E-state index in [0.717, 1.165) is 22.7 Å². The van der Waals surface area contributed by atoms with Gasteiger partial charge in [0.1, 0.15) is 5.75 Å². The molecule has 2 rings (SSSR count). The third-order valence-electron chi connectivity index (χ3n) is 3.75. The summed E-state index contributed by atoms with van der Waals surface area (Å²) >= 11 is 0. The van der Waals surface area contributed by atoms with Gasteiger partial charge >= 0.3 is 5.97 Å². The quantitative estimate of drug-likeness (QED) is 0.608. The summed E-state index contributed by atoms with van der Waals surface area (Å²) in [6.45, 7) is 5.89. The smallest absolute Gasteiger partial charge is 0.331 e.